The Bertz CT molecular complexity index is 608. The molecule has 0 bridgehead atoms. The van der Waals surface area contributed by atoms with Gasteiger partial charge < -0.3 is 10.1 Å². The summed E-state index contributed by atoms with van der Waals surface area (Å²) in [5.74, 6) is 3.48. The summed E-state index contributed by atoms with van der Waals surface area (Å²) >= 11 is 0. The van der Waals surface area contributed by atoms with E-state index in [0.29, 0.717) is 26.2 Å². The first-order valence-electron chi connectivity index (χ1n) is 6.96. The van der Waals surface area contributed by atoms with Crippen LogP contribution in [0.5, 0.6) is 5.75 Å². The fraction of sp³-hybridized carbons (Fsp3) is 0.467. The molecule has 0 amide bonds. The molecular formula is C15H20N2O3S. The number of para-hydroxylation sites is 1. The maximum atomic E-state index is 11.7. The molecule has 21 heavy (non-hydrogen) atoms. The van der Waals surface area contributed by atoms with E-state index in [9.17, 15) is 8.42 Å². The second-order valence-electron chi connectivity index (χ2n) is 4.85. The minimum absolute atomic E-state index is 0.239. The molecule has 6 heteroatoms. The third-order valence-electron chi connectivity index (χ3n) is 3.34. The summed E-state index contributed by atoms with van der Waals surface area (Å²) in [7, 11) is -3.01. The Balaban J connectivity index is 1.80. The number of hydrogen-bond acceptors (Lipinski definition) is 4. The van der Waals surface area contributed by atoms with Crippen molar-refractivity contribution in [3.05, 3.63) is 29.8 Å². The Morgan fingerprint density at radius 3 is 2.90 bits per heavy atom. The van der Waals surface area contributed by atoms with Crippen molar-refractivity contribution in [2.24, 2.45) is 0 Å². The van der Waals surface area contributed by atoms with Gasteiger partial charge in [-0.1, -0.05) is 24.1 Å². The van der Waals surface area contributed by atoms with Crippen LogP contribution in [0.3, 0.4) is 0 Å². The molecule has 1 aliphatic heterocycles. The standard InChI is InChI=1S/C15H20N2O3S/c1-2-11-20-15-7-4-3-6-14(15)13-16-8-10-17-9-5-12-21(17,18)19/h1,3-4,6-7,16H,5,8-13H2. The molecule has 1 heterocycles. The summed E-state index contributed by atoms with van der Waals surface area (Å²) in [6.45, 7) is 2.61. The van der Waals surface area contributed by atoms with E-state index in [0.717, 1.165) is 17.7 Å². The second-order valence-corrected chi connectivity index (χ2v) is 6.93. The quantitative estimate of drug-likeness (QED) is 0.598. The van der Waals surface area contributed by atoms with Crippen LogP contribution in [0.25, 0.3) is 0 Å². The van der Waals surface area contributed by atoms with Crippen molar-refractivity contribution in [2.75, 3.05) is 32.0 Å². The van der Waals surface area contributed by atoms with Gasteiger partial charge in [0.1, 0.15) is 12.4 Å². The van der Waals surface area contributed by atoms with Gasteiger partial charge in [0.05, 0.1) is 5.75 Å². The van der Waals surface area contributed by atoms with Crippen LogP contribution in [-0.2, 0) is 16.6 Å². The molecule has 1 aliphatic rings. The summed E-state index contributed by atoms with van der Waals surface area (Å²) in [6, 6.07) is 7.67. The average Bonchev–Trinajstić information content (AvgIpc) is 2.81. The minimum Gasteiger partial charge on any atom is -0.481 e. The monoisotopic (exact) mass is 308 g/mol. The van der Waals surface area contributed by atoms with Crippen molar-refractivity contribution in [2.45, 2.75) is 13.0 Å². The number of hydrogen-bond donors (Lipinski definition) is 1. The van der Waals surface area contributed by atoms with Crippen LogP contribution in [-0.4, -0.2) is 44.7 Å². The number of sulfonamides is 1. The fourth-order valence-electron chi connectivity index (χ4n) is 2.28. The molecule has 0 unspecified atom stereocenters. The van der Waals surface area contributed by atoms with Crippen molar-refractivity contribution in [3.63, 3.8) is 0 Å². The van der Waals surface area contributed by atoms with Gasteiger partial charge in [0, 0.05) is 31.7 Å². The number of terminal acetylenes is 1. The van der Waals surface area contributed by atoms with Gasteiger partial charge >= 0.3 is 0 Å². The topological polar surface area (TPSA) is 58.6 Å². The molecule has 0 radical (unpaired) electrons. The van der Waals surface area contributed by atoms with Crippen molar-refractivity contribution in [1.82, 2.24) is 9.62 Å². The van der Waals surface area contributed by atoms with Gasteiger partial charge in [0.2, 0.25) is 10.0 Å². The highest BCUT2D eigenvalue weighted by molar-refractivity contribution is 7.89. The van der Waals surface area contributed by atoms with Crippen LogP contribution in [0.2, 0.25) is 0 Å². The van der Waals surface area contributed by atoms with Crippen LogP contribution in [0.1, 0.15) is 12.0 Å². The number of rotatable bonds is 7. The van der Waals surface area contributed by atoms with Gasteiger partial charge in [0.25, 0.3) is 0 Å². The van der Waals surface area contributed by atoms with E-state index >= 15 is 0 Å². The Hall–Kier alpha value is -1.55. The highest BCUT2D eigenvalue weighted by atomic mass is 32.2. The molecule has 0 aliphatic carbocycles. The first-order chi connectivity index (χ1) is 10.1. The second kappa shape index (κ2) is 7.46. The molecule has 1 fully saturated rings. The lowest BCUT2D eigenvalue weighted by atomic mass is 10.2. The fourth-order valence-corrected chi connectivity index (χ4v) is 3.81. The zero-order valence-electron chi connectivity index (χ0n) is 11.9. The third kappa shape index (κ3) is 4.46. The lowest BCUT2D eigenvalue weighted by molar-refractivity contribution is 0.364. The lowest BCUT2D eigenvalue weighted by Crippen LogP contribution is -2.33. The van der Waals surface area contributed by atoms with Crippen LogP contribution in [0.15, 0.2) is 24.3 Å². The summed E-state index contributed by atoms with van der Waals surface area (Å²) in [6.07, 6.45) is 5.92. The molecule has 1 aromatic carbocycles. The maximum Gasteiger partial charge on any atom is 0.214 e. The zero-order chi connectivity index (χ0) is 15.1. The molecule has 114 valence electrons. The molecule has 0 saturated carbocycles. The van der Waals surface area contributed by atoms with Crippen LogP contribution >= 0.6 is 0 Å². The number of nitrogens with zero attached hydrogens (tertiary/aromatic N) is 1. The summed E-state index contributed by atoms with van der Waals surface area (Å²) in [5.41, 5.74) is 1.01. The smallest absolute Gasteiger partial charge is 0.214 e. The van der Waals surface area contributed by atoms with Crippen LogP contribution in [0, 0.1) is 12.3 Å². The summed E-state index contributed by atoms with van der Waals surface area (Å²) < 4.78 is 30.3. The van der Waals surface area contributed by atoms with E-state index in [1.54, 1.807) is 4.31 Å². The normalized spacial score (nSPS) is 17.5. The predicted molar refractivity (Wildman–Crippen MR) is 82.5 cm³/mol. The Kier molecular flexibility index (Phi) is 5.62. The number of benzene rings is 1. The Labute approximate surface area is 126 Å². The minimum atomic E-state index is -3.01. The Morgan fingerprint density at radius 1 is 1.38 bits per heavy atom. The van der Waals surface area contributed by atoms with Gasteiger partial charge in [0.15, 0.2) is 0 Å². The van der Waals surface area contributed by atoms with Crippen LogP contribution < -0.4 is 10.1 Å². The molecule has 2 rings (SSSR count). The molecule has 0 spiro atoms. The van der Waals surface area contributed by atoms with Gasteiger partial charge in [-0.15, -0.1) is 6.42 Å². The van der Waals surface area contributed by atoms with Crippen LogP contribution in [0.4, 0.5) is 0 Å². The average molecular weight is 308 g/mol. The maximum absolute atomic E-state index is 11.7. The Morgan fingerprint density at radius 2 is 2.19 bits per heavy atom. The molecule has 0 atom stereocenters. The predicted octanol–water partition coefficient (Wildman–Crippen LogP) is 0.824. The van der Waals surface area contributed by atoms with Crippen molar-refractivity contribution < 1.29 is 13.2 Å². The summed E-state index contributed by atoms with van der Waals surface area (Å²) in [4.78, 5) is 0. The van der Waals surface area contributed by atoms with Crippen molar-refractivity contribution >= 4 is 10.0 Å². The lowest BCUT2D eigenvalue weighted by Gasteiger charge is -2.15. The molecule has 5 nitrogen and oxygen atoms in total. The van der Waals surface area contributed by atoms with E-state index in [2.05, 4.69) is 11.2 Å². The van der Waals surface area contributed by atoms with Gasteiger partial charge in [-0.25, -0.2) is 12.7 Å². The first kappa shape index (κ1) is 15.8. The third-order valence-corrected chi connectivity index (χ3v) is 5.30. The first-order valence-corrected chi connectivity index (χ1v) is 8.57. The number of nitrogens with one attached hydrogen (secondary N) is 1. The van der Waals surface area contributed by atoms with Gasteiger partial charge in [-0.05, 0) is 12.5 Å². The summed E-state index contributed by atoms with van der Waals surface area (Å²) in [5, 5.41) is 3.25. The molecular weight excluding hydrogens is 288 g/mol. The molecule has 1 N–H and O–H groups in total. The highest BCUT2D eigenvalue weighted by Gasteiger charge is 2.27. The molecule has 1 aromatic rings. The zero-order valence-corrected chi connectivity index (χ0v) is 12.7. The van der Waals surface area contributed by atoms with E-state index in [1.807, 2.05) is 24.3 Å². The molecule has 1 saturated heterocycles. The van der Waals surface area contributed by atoms with E-state index < -0.39 is 10.0 Å². The van der Waals surface area contributed by atoms with E-state index in [1.165, 1.54) is 0 Å². The highest BCUT2D eigenvalue weighted by Crippen LogP contribution is 2.17. The van der Waals surface area contributed by atoms with Crippen molar-refractivity contribution in [3.8, 4) is 18.1 Å². The van der Waals surface area contributed by atoms with E-state index in [4.69, 9.17) is 11.2 Å². The number of ether oxygens (including phenoxy) is 1. The van der Waals surface area contributed by atoms with Crippen molar-refractivity contribution in [1.29, 1.82) is 0 Å². The largest absolute Gasteiger partial charge is 0.481 e. The van der Waals surface area contributed by atoms with Gasteiger partial charge in [-0.2, -0.15) is 0 Å². The SMILES string of the molecule is C#CCOc1ccccc1CNCCN1CCCS1(=O)=O. The molecule has 0 aromatic heterocycles. The van der Waals surface area contributed by atoms with Gasteiger partial charge in [-0.3, -0.25) is 0 Å². The van der Waals surface area contributed by atoms with E-state index in [-0.39, 0.29) is 12.4 Å².